The summed E-state index contributed by atoms with van der Waals surface area (Å²) in [4.78, 5) is 12.1. The minimum Gasteiger partial charge on any atom is -0.339 e. The van der Waals surface area contributed by atoms with Crippen LogP contribution in [0.2, 0.25) is 0 Å². The van der Waals surface area contributed by atoms with Crippen LogP contribution in [0, 0.1) is 0 Å². The summed E-state index contributed by atoms with van der Waals surface area (Å²) in [7, 11) is 1.88. The molecular formula is C9H11N5O. The zero-order valence-electron chi connectivity index (χ0n) is 8.34. The molecule has 2 rings (SSSR count). The lowest BCUT2D eigenvalue weighted by atomic mass is 10.4. The molecule has 0 amide bonds. The van der Waals surface area contributed by atoms with Crippen LogP contribution in [0.15, 0.2) is 23.1 Å². The maximum absolute atomic E-state index is 5.06. The van der Waals surface area contributed by atoms with Gasteiger partial charge in [0.15, 0.2) is 0 Å². The molecule has 15 heavy (non-hydrogen) atoms. The summed E-state index contributed by atoms with van der Waals surface area (Å²) in [5, 5.41) is 6.85. The lowest BCUT2D eigenvalue weighted by Gasteiger charge is -1.91. The molecule has 0 saturated heterocycles. The maximum atomic E-state index is 5.06. The van der Waals surface area contributed by atoms with Gasteiger partial charge in [-0.2, -0.15) is 4.98 Å². The number of likely N-dealkylation sites (N-methyl/N-ethyl adjacent to an activating group) is 1. The lowest BCUT2D eigenvalue weighted by molar-refractivity contribution is 0.377. The van der Waals surface area contributed by atoms with Gasteiger partial charge in [0, 0.05) is 19.2 Å². The van der Waals surface area contributed by atoms with E-state index in [4.69, 9.17) is 4.52 Å². The highest BCUT2D eigenvalue weighted by molar-refractivity contribution is 5.46. The molecule has 0 aliphatic heterocycles. The van der Waals surface area contributed by atoms with E-state index in [2.05, 4.69) is 25.4 Å². The second-order valence-corrected chi connectivity index (χ2v) is 2.96. The van der Waals surface area contributed by atoms with Gasteiger partial charge in [0.1, 0.15) is 12.0 Å². The number of nitrogens with one attached hydrogen (secondary N) is 1. The Bertz CT molecular complexity index is 413. The molecule has 0 aliphatic rings. The minimum atomic E-state index is 0.503. The zero-order chi connectivity index (χ0) is 10.5. The predicted molar refractivity (Wildman–Crippen MR) is 53.0 cm³/mol. The van der Waals surface area contributed by atoms with Crippen LogP contribution in [-0.4, -0.2) is 33.7 Å². The van der Waals surface area contributed by atoms with E-state index in [1.54, 1.807) is 12.3 Å². The van der Waals surface area contributed by atoms with Gasteiger partial charge < -0.3 is 9.84 Å². The van der Waals surface area contributed by atoms with Gasteiger partial charge in [-0.25, -0.2) is 9.97 Å². The van der Waals surface area contributed by atoms with Crippen molar-refractivity contribution in [1.29, 1.82) is 0 Å². The van der Waals surface area contributed by atoms with Gasteiger partial charge in [-0.15, -0.1) is 0 Å². The third kappa shape index (κ3) is 2.35. The van der Waals surface area contributed by atoms with E-state index in [0.717, 1.165) is 6.54 Å². The Morgan fingerprint density at radius 3 is 3.13 bits per heavy atom. The van der Waals surface area contributed by atoms with Crippen molar-refractivity contribution in [2.45, 2.75) is 6.42 Å². The van der Waals surface area contributed by atoms with Crippen LogP contribution >= 0.6 is 0 Å². The van der Waals surface area contributed by atoms with Gasteiger partial charge >= 0.3 is 0 Å². The number of nitrogens with zero attached hydrogens (tertiary/aromatic N) is 4. The van der Waals surface area contributed by atoms with Crippen molar-refractivity contribution in [1.82, 2.24) is 25.4 Å². The fourth-order valence-corrected chi connectivity index (χ4v) is 1.12. The summed E-state index contributed by atoms with van der Waals surface area (Å²) in [6.07, 6.45) is 3.82. The van der Waals surface area contributed by atoms with Crippen molar-refractivity contribution in [3.63, 3.8) is 0 Å². The van der Waals surface area contributed by atoms with Crippen LogP contribution in [0.5, 0.6) is 0 Å². The second kappa shape index (κ2) is 4.61. The van der Waals surface area contributed by atoms with Crippen LogP contribution < -0.4 is 5.32 Å². The highest BCUT2D eigenvalue weighted by Crippen LogP contribution is 2.10. The molecule has 0 saturated carbocycles. The monoisotopic (exact) mass is 205 g/mol. The molecule has 78 valence electrons. The van der Waals surface area contributed by atoms with Crippen molar-refractivity contribution < 1.29 is 4.52 Å². The highest BCUT2D eigenvalue weighted by atomic mass is 16.5. The maximum Gasteiger partial charge on any atom is 0.228 e. The van der Waals surface area contributed by atoms with E-state index >= 15 is 0 Å². The Hall–Kier alpha value is -1.82. The largest absolute Gasteiger partial charge is 0.339 e. The molecule has 2 heterocycles. The Kier molecular flexibility index (Phi) is 2.99. The van der Waals surface area contributed by atoms with Gasteiger partial charge in [0.25, 0.3) is 0 Å². The molecule has 0 spiro atoms. The predicted octanol–water partition coefficient (Wildman–Crippen LogP) is 0.288. The van der Waals surface area contributed by atoms with Gasteiger partial charge in [-0.1, -0.05) is 5.16 Å². The Labute approximate surface area is 86.8 Å². The molecule has 0 radical (unpaired) electrons. The third-order valence-electron chi connectivity index (χ3n) is 1.87. The van der Waals surface area contributed by atoms with E-state index in [-0.39, 0.29) is 0 Å². The third-order valence-corrected chi connectivity index (χ3v) is 1.87. The topological polar surface area (TPSA) is 76.7 Å². The summed E-state index contributed by atoms with van der Waals surface area (Å²) in [6.45, 7) is 0.811. The van der Waals surface area contributed by atoms with Crippen LogP contribution in [0.25, 0.3) is 11.5 Å². The summed E-state index contributed by atoms with van der Waals surface area (Å²) < 4.78 is 5.06. The second-order valence-electron chi connectivity index (χ2n) is 2.96. The molecule has 0 unspecified atom stereocenters. The fraction of sp³-hybridized carbons (Fsp3) is 0.333. The Balaban J connectivity index is 2.14. The lowest BCUT2D eigenvalue weighted by Crippen LogP contribution is -2.10. The molecule has 0 fully saturated rings. The quantitative estimate of drug-likeness (QED) is 0.773. The Morgan fingerprint density at radius 2 is 2.40 bits per heavy atom. The average molecular weight is 205 g/mol. The molecule has 6 nitrogen and oxygen atoms in total. The van der Waals surface area contributed by atoms with E-state index in [1.165, 1.54) is 6.33 Å². The van der Waals surface area contributed by atoms with E-state index in [1.807, 2.05) is 7.05 Å². The van der Waals surface area contributed by atoms with Crippen molar-refractivity contribution >= 4 is 0 Å². The average Bonchev–Trinajstić information content (AvgIpc) is 2.76. The zero-order valence-corrected chi connectivity index (χ0v) is 8.34. The Morgan fingerprint density at radius 1 is 1.47 bits per heavy atom. The van der Waals surface area contributed by atoms with Crippen LogP contribution in [0.4, 0.5) is 0 Å². The van der Waals surface area contributed by atoms with E-state index in [9.17, 15) is 0 Å². The van der Waals surface area contributed by atoms with Crippen LogP contribution in [0.1, 0.15) is 5.89 Å². The minimum absolute atomic E-state index is 0.503. The van der Waals surface area contributed by atoms with Crippen molar-refractivity contribution in [2.24, 2.45) is 0 Å². The summed E-state index contributed by atoms with van der Waals surface area (Å²) in [6, 6.07) is 1.74. The first-order valence-electron chi connectivity index (χ1n) is 4.63. The molecule has 2 aromatic rings. The smallest absolute Gasteiger partial charge is 0.228 e. The van der Waals surface area contributed by atoms with Crippen molar-refractivity contribution in [3.05, 3.63) is 24.5 Å². The molecule has 0 aromatic carbocycles. The standard InChI is InChI=1S/C9H11N5O/c1-10-4-3-8-13-9(14-15-8)7-2-5-11-6-12-7/h2,5-6,10H,3-4H2,1H3. The summed E-state index contributed by atoms with van der Waals surface area (Å²) in [5.74, 6) is 1.11. The molecular weight excluding hydrogens is 194 g/mol. The number of hydrogen-bond donors (Lipinski definition) is 1. The van der Waals surface area contributed by atoms with Gasteiger partial charge in [-0.3, -0.25) is 0 Å². The molecule has 0 bridgehead atoms. The van der Waals surface area contributed by atoms with E-state index < -0.39 is 0 Å². The molecule has 1 N–H and O–H groups in total. The van der Waals surface area contributed by atoms with Crippen molar-refractivity contribution in [2.75, 3.05) is 13.6 Å². The van der Waals surface area contributed by atoms with Crippen LogP contribution in [-0.2, 0) is 6.42 Å². The van der Waals surface area contributed by atoms with Crippen LogP contribution in [0.3, 0.4) is 0 Å². The first-order chi connectivity index (χ1) is 7.40. The first kappa shape index (κ1) is 9.72. The van der Waals surface area contributed by atoms with Gasteiger partial charge in [0.2, 0.25) is 11.7 Å². The van der Waals surface area contributed by atoms with Gasteiger partial charge in [-0.05, 0) is 13.1 Å². The van der Waals surface area contributed by atoms with Gasteiger partial charge in [0.05, 0.1) is 0 Å². The molecule has 0 aliphatic carbocycles. The summed E-state index contributed by atoms with van der Waals surface area (Å²) >= 11 is 0. The molecule has 6 heteroatoms. The SMILES string of the molecule is CNCCc1nc(-c2ccncn2)no1. The highest BCUT2D eigenvalue weighted by Gasteiger charge is 2.08. The first-order valence-corrected chi connectivity index (χ1v) is 4.63. The van der Waals surface area contributed by atoms with E-state index in [0.29, 0.717) is 23.8 Å². The summed E-state index contributed by atoms with van der Waals surface area (Å²) in [5.41, 5.74) is 0.671. The number of rotatable bonds is 4. The fourth-order valence-electron chi connectivity index (χ4n) is 1.12. The molecule has 0 atom stereocenters. The molecule has 2 aromatic heterocycles. The normalized spacial score (nSPS) is 10.5. The van der Waals surface area contributed by atoms with Crippen molar-refractivity contribution in [3.8, 4) is 11.5 Å². The number of aromatic nitrogens is 4. The number of hydrogen-bond acceptors (Lipinski definition) is 6.